The highest BCUT2D eigenvalue weighted by Crippen LogP contribution is 2.55. The fourth-order valence-electron chi connectivity index (χ4n) is 6.01. The molecule has 5 rings (SSSR count). The molecule has 2 unspecified atom stereocenters. The number of methoxy groups -OCH3 is 1. The molecule has 0 radical (unpaired) electrons. The van der Waals surface area contributed by atoms with Gasteiger partial charge in [-0.15, -0.1) is 11.8 Å². The maximum absolute atomic E-state index is 13.4. The van der Waals surface area contributed by atoms with Crippen LogP contribution in [0.15, 0.2) is 17.3 Å². The molecule has 8 nitrogen and oxygen atoms in total. The first-order valence-electron chi connectivity index (χ1n) is 11.8. The summed E-state index contributed by atoms with van der Waals surface area (Å²) in [6.07, 6.45) is 9.42. The average molecular weight is 477 g/mol. The van der Waals surface area contributed by atoms with Gasteiger partial charge in [-0.3, -0.25) is 4.79 Å². The average Bonchev–Trinajstić information content (AvgIpc) is 3.09. The van der Waals surface area contributed by atoms with E-state index in [0.717, 1.165) is 37.1 Å². The number of nitrogens with one attached hydrogen (secondary N) is 2. The number of hydrogen-bond acceptors (Lipinski definition) is 6. The van der Waals surface area contributed by atoms with E-state index >= 15 is 0 Å². The fourth-order valence-corrected chi connectivity index (χ4v) is 6.95. The summed E-state index contributed by atoms with van der Waals surface area (Å²) in [6.45, 7) is 7.86. The molecule has 4 aliphatic rings. The van der Waals surface area contributed by atoms with Crippen molar-refractivity contribution in [2.75, 3.05) is 7.11 Å². The molecule has 1 aromatic rings. The largest absolute Gasteiger partial charge is 0.453 e. The third-order valence-corrected chi connectivity index (χ3v) is 8.22. The number of aromatic nitrogens is 2. The molecule has 33 heavy (non-hydrogen) atoms. The lowest BCUT2D eigenvalue weighted by Crippen LogP contribution is -2.61. The SMILES string of the molecule is COC(=O)NC(C)(C)C=Cn1ncc(C(=O)NC2C3CC4CC2CC(O)(C4)C3)c1SC(C)C. The maximum atomic E-state index is 13.4. The number of alkyl carbamates (subject to hydrolysis) is 1. The van der Waals surface area contributed by atoms with Gasteiger partial charge in [0.1, 0.15) is 5.03 Å². The molecule has 1 heterocycles. The van der Waals surface area contributed by atoms with E-state index in [9.17, 15) is 14.7 Å². The zero-order valence-corrected chi connectivity index (χ0v) is 20.9. The van der Waals surface area contributed by atoms with Gasteiger partial charge in [-0.2, -0.15) is 5.10 Å². The van der Waals surface area contributed by atoms with Crippen LogP contribution in [-0.4, -0.2) is 56.4 Å². The molecule has 2 atom stereocenters. The number of amides is 2. The quantitative estimate of drug-likeness (QED) is 0.519. The molecule has 4 saturated carbocycles. The lowest BCUT2D eigenvalue weighted by Gasteiger charge is -2.58. The predicted octanol–water partition coefficient (Wildman–Crippen LogP) is 3.66. The number of nitrogens with zero attached hydrogens (tertiary/aromatic N) is 2. The summed E-state index contributed by atoms with van der Waals surface area (Å²) in [5, 5.41) is 22.4. The van der Waals surface area contributed by atoms with Crippen LogP contribution in [0.2, 0.25) is 0 Å². The van der Waals surface area contributed by atoms with Crippen molar-refractivity contribution in [2.45, 2.75) is 87.3 Å². The van der Waals surface area contributed by atoms with Crippen LogP contribution >= 0.6 is 11.8 Å². The van der Waals surface area contributed by atoms with E-state index in [0.29, 0.717) is 23.3 Å². The Balaban J connectivity index is 1.52. The minimum Gasteiger partial charge on any atom is -0.453 e. The van der Waals surface area contributed by atoms with Gasteiger partial charge in [0.05, 0.1) is 30.0 Å². The fraction of sp³-hybridized carbons (Fsp3) is 0.708. The lowest BCUT2D eigenvalue weighted by atomic mass is 9.52. The molecule has 4 aliphatic carbocycles. The third-order valence-electron chi connectivity index (χ3n) is 7.12. The van der Waals surface area contributed by atoms with Gasteiger partial charge < -0.3 is 20.5 Å². The first-order valence-corrected chi connectivity index (χ1v) is 12.7. The zero-order chi connectivity index (χ0) is 24.0. The van der Waals surface area contributed by atoms with Crippen LogP contribution in [0.1, 0.15) is 70.2 Å². The van der Waals surface area contributed by atoms with Crippen molar-refractivity contribution in [2.24, 2.45) is 17.8 Å². The predicted molar refractivity (Wildman–Crippen MR) is 128 cm³/mol. The molecule has 9 heteroatoms. The van der Waals surface area contributed by atoms with Crippen LogP contribution in [0.25, 0.3) is 6.20 Å². The van der Waals surface area contributed by atoms with Gasteiger partial charge in [0.15, 0.2) is 0 Å². The number of carbonyl (C=O) groups is 2. The molecule has 4 fully saturated rings. The zero-order valence-electron chi connectivity index (χ0n) is 20.1. The van der Waals surface area contributed by atoms with E-state index < -0.39 is 17.2 Å². The summed E-state index contributed by atoms with van der Waals surface area (Å²) in [6, 6.07) is 0.119. The highest BCUT2D eigenvalue weighted by Gasteiger charge is 2.55. The highest BCUT2D eigenvalue weighted by atomic mass is 32.2. The number of hydrogen-bond donors (Lipinski definition) is 3. The van der Waals surface area contributed by atoms with Crippen LogP contribution in [0.4, 0.5) is 4.79 Å². The Hall–Kier alpha value is -2.00. The Morgan fingerprint density at radius 1 is 1.30 bits per heavy atom. The Morgan fingerprint density at radius 2 is 1.97 bits per heavy atom. The first kappa shape index (κ1) is 24.1. The topological polar surface area (TPSA) is 105 Å². The summed E-state index contributed by atoms with van der Waals surface area (Å²) in [5.74, 6) is 1.20. The molecule has 3 N–H and O–H groups in total. The lowest BCUT2D eigenvalue weighted by molar-refractivity contribution is -0.136. The highest BCUT2D eigenvalue weighted by molar-refractivity contribution is 7.99. The smallest absolute Gasteiger partial charge is 0.407 e. The first-order chi connectivity index (χ1) is 15.5. The van der Waals surface area contributed by atoms with Gasteiger partial charge in [-0.1, -0.05) is 13.8 Å². The van der Waals surface area contributed by atoms with Crippen molar-refractivity contribution in [3.63, 3.8) is 0 Å². The maximum Gasteiger partial charge on any atom is 0.407 e. The molecule has 182 valence electrons. The van der Waals surface area contributed by atoms with Crippen LogP contribution in [0.5, 0.6) is 0 Å². The second kappa shape index (κ2) is 8.98. The van der Waals surface area contributed by atoms with Gasteiger partial charge in [0.25, 0.3) is 5.91 Å². The third kappa shape index (κ3) is 5.24. The Kier molecular flexibility index (Phi) is 6.57. The van der Waals surface area contributed by atoms with E-state index in [1.165, 1.54) is 7.11 Å². The van der Waals surface area contributed by atoms with Gasteiger partial charge in [-0.05, 0) is 69.8 Å². The van der Waals surface area contributed by atoms with Crippen LogP contribution < -0.4 is 10.6 Å². The molecule has 0 spiro atoms. The molecule has 1 aromatic heterocycles. The van der Waals surface area contributed by atoms with Gasteiger partial charge >= 0.3 is 6.09 Å². The van der Waals surface area contributed by atoms with Crippen molar-refractivity contribution in [3.8, 4) is 0 Å². The van der Waals surface area contributed by atoms with Crippen molar-refractivity contribution in [1.29, 1.82) is 0 Å². The minimum atomic E-state index is -0.651. The van der Waals surface area contributed by atoms with Crippen molar-refractivity contribution in [1.82, 2.24) is 20.4 Å². The molecule has 0 aromatic carbocycles. The Labute approximate surface area is 199 Å². The van der Waals surface area contributed by atoms with E-state index in [1.54, 1.807) is 28.8 Å². The van der Waals surface area contributed by atoms with Crippen molar-refractivity contribution >= 4 is 30.0 Å². The van der Waals surface area contributed by atoms with E-state index in [-0.39, 0.29) is 17.2 Å². The van der Waals surface area contributed by atoms with Crippen molar-refractivity contribution < 1.29 is 19.4 Å². The van der Waals surface area contributed by atoms with E-state index in [1.807, 2.05) is 19.9 Å². The van der Waals surface area contributed by atoms with Gasteiger partial charge in [0.2, 0.25) is 0 Å². The second-order valence-electron chi connectivity index (χ2n) is 10.8. The summed E-state index contributed by atoms with van der Waals surface area (Å²) in [5.41, 5.74) is -0.608. The summed E-state index contributed by atoms with van der Waals surface area (Å²) < 4.78 is 6.38. The molecular formula is C24H36N4O4S. The molecule has 4 bridgehead atoms. The van der Waals surface area contributed by atoms with Crippen LogP contribution in [0.3, 0.4) is 0 Å². The number of aliphatic hydroxyl groups is 1. The Morgan fingerprint density at radius 3 is 2.55 bits per heavy atom. The Bertz CT molecular complexity index is 925. The second-order valence-corrected chi connectivity index (χ2v) is 12.4. The number of carbonyl (C=O) groups excluding carboxylic acids is 2. The molecule has 0 aliphatic heterocycles. The normalized spacial score (nSPS) is 30.8. The standard InChI is InChI=1S/C24H36N4O4S/c1-14(2)33-21-18(13-25-28(21)7-6-23(3,4)27-22(30)32-5)20(29)26-19-16-8-15-9-17(19)12-24(31,10-15)11-16/h6-7,13-17,19,31H,8-12H2,1-5H3,(H,26,29)(H,27,30). The number of ether oxygens (including phenoxy) is 1. The summed E-state index contributed by atoms with van der Waals surface area (Å²) in [4.78, 5) is 25.0. The van der Waals surface area contributed by atoms with E-state index in [2.05, 4.69) is 34.3 Å². The molecular weight excluding hydrogens is 440 g/mol. The summed E-state index contributed by atoms with van der Waals surface area (Å²) >= 11 is 1.58. The van der Waals surface area contributed by atoms with Crippen molar-refractivity contribution in [3.05, 3.63) is 17.8 Å². The number of thioether (sulfide) groups is 1. The monoisotopic (exact) mass is 476 g/mol. The van der Waals surface area contributed by atoms with Gasteiger partial charge in [-0.25, -0.2) is 9.48 Å². The molecule has 0 saturated heterocycles. The summed E-state index contributed by atoms with van der Waals surface area (Å²) in [7, 11) is 1.33. The van der Waals surface area contributed by atoms with Crippen LogP contribution in [-0.2, 0) is 4.74 Å². The minimum absolute atomic E-state index is 0.103. The van der Waals surface area contributed by atoms with E-state index in [4.69, 9.17) is 0 Å². The molecule has 2 amide bonds. The number of rotatable bonds is 7. The van der Waals surface area contributed by atoms with Crippen LogP contribution in [0, 0.1) is 17.8 Å². The van der Waals surface area contributed by atoms with Gasteiger partial charge in [0, 0.05) is 17.5 Å².